The van der Waals surface area contributed by atoms with Crippen LogP contribution in [0.5, 0.6) is 0 Å². The van der Waals surface area contributed by atoms with Crippen LogP contribution in [0.3, 0.4) is 0 Å². The Morgan fingerprint density at radius 1 is 0.371 bits per heavy atom. The van der Waals surface area contributed by atoms with E-state index in [2.05, 4.69) is 50.2 Å². The lowest BCUT2D eigenvalue weighted by molar-refractivity contribution is 0.576. The summed E-state index contributed by atoms with van der Waals surface area (Å²) in [6.07, 6.45) is 24.9. The van der Waals surface area contributed by atoms with Gasteiger partial charge in [-0.15, -0.1) is 34.0 Å². The average molecular weight is 529 g/mol. The molecule has 3 aromatic heterocycles. The Morgan fingerprint density at radius 3 is 1.09 bits per heavy atom. The van der Waals surface area contributed by atoms with Gasteiger partial charge in [-0.3, -0.25) is 0 Å². The minimum Gasteiger partial charge on any atom is -0.139 e. The number of thiophene rings is 3. The monoisotopic (exact) mass is 528 g/mol. The first kappa shape index (κ1) is 28.7. The molecule has 0 radical (unpaired) electrons. The highest BCUT2D eigenvalue weighted by Gasteiger charge is 2.10. The molecular formula is C32H48S3. The summed E-state index contributed by atoms with van der Waals surface area (Å²) >= 11 is 5.99. The molecule has 194 valence electrons. The van der Waals surface area contributed by atoms with E-state index in [1.54, 1.807) is 9.75 Å². The summed E-state index contributed by atoms with van der Waals surface area (Å²) in [4.78, 5) is 8.89. The van der Waals surface area contributed by atoms with Crippen LogP contribution in [0.25, 0.3) is 19.5 Å². The van der Waals surface area contributed by atoms with E-state index >= 15 is 0 Å². The molecule has 0 unspecified atom stereocenters. The van der Waals surface area contributed by atoms with Crippen molar-refractivity contribution in [1.29, 1.82) is 0 Å². The van der Waals surface area contributed by atoms with Crippen molar-refractivity contribution in [2.24, 2.45) is 0 Å². The van der Waals surface area contributed by atoms with Crippen LogP contribution in [0.15, 0.2) is 36.4 Å². The molecule has 0 aliphatic carbocycles. The van der Waals surface area contributed by atoms with Gasteiger partial charge in [0.2, 0.25) is 0 Å². The maximum absolute atomic E-state index is 2.37. The van der Waals surface area contributed by atoms with Gasteiger partial charge in [-0.05, 0) is 62.1 Å². The largest absolute Gasteiger partial charge is 0.139 e. The molecule has 0 aliphatic rings. The first-order valence-corrected chi connectivity index (χ1v) is 17.0. The number of rotatable bonds is 20. The highest BCUT2D eigenvalue weighted by Crippen LogP contribution is 2.40. The lowest BCUT2D eigenvalue weighted by atomic mass is 10.1. The molecule has 0 saturated heterocycles. The molecule has 0 aliphatic heterocycles. The first-order chi connectivity index (χ1) is 17.3. The Morgan fingerprint density at radius 2 is 0.686 bits per heavy atom. The van der Waals surface area contributed by atoms with Crippen LogP contribution in [-0.4, -0.2) is 0 Å². The van der Waals surface area contributed by atoms with Gasteiger partial charge in [-0.2, -0.15) is 0 Å². The zero-order valence-corrected chi connectivity index (χ0v) is 24.9. The maximum Gasteiger partial charge on any atom is 0.0449 e. The predicted molar refractivity (Wildman–Crippen MR) is 164 cm³/mol. The molecule has 3 heterocycles. The zero-order valence-electron chi connectivity index (χ0n) is 22.4. The summed E-state index contributed by atoms with van der Waals surface area (Å²) in [7, 11) is 0. The van der Waals surface area contributed by atoms with E-state index in [1.165, 1.54) is 135 Å². The topological polar surface area (TPSA) is 0 Å². The number of hydrogen-bond acceptors (Lipinski definition) is 3. The summed E-state index contributed by atoms with van der Waals surface area (Å²) in [6, 6.07) is 14.1. The molecule has 0 spiro atoms. The summed E-state index contributed by atoms with van der Waals surface area (Å²) in [5.41, 5.74) is 0. The molecule has 0 fully saturated rings. The van der Waals surface area contributed by atoms with E-state index in [9.17, 15) is 0 Å². The minimum atomic E-state index is 1.25. The summed E-state index contributed by atoms with van der Waals surface area (Å²) in [5, 5.41) is 0. The van der Waals surface area contributed by atoms with E-state index < -0.39 is 0 Å². The molecule has 3 aromatic rings. The SMILES string of the molecule is CCCCCCCCCCc1ccc(-c2ccc(-c3ccc(CCCCCCCCCC)s3)s2)s1. The Balaban J connectivity index is 1.36. The molecule has 0 aromatic carbocycles. The quantitative estimate of drug-likeness (QED) is 0.128. The van der Waals surface area contributed by atoms with Crippen molar-refractivity contribution in [2.45, 2.75) is 129 Å². The number of unbranched alkanes of at least 4 members (excludes halogenated alkanes) is 14. The summed E-state index contributed by atoms with van der Waals surface area (Å²) < 4.78 is 0. The van der Waals surface area contributed by atoms with Gasteiger partial charge in [-0.1, -0.05) is 104 Å². The average Bonchev–Trinajstić information content (AvgIpc) is 3.63. The molecular weight excluding hydrogens is 481 g/mol. The highest BCUT2D eigenvalue weighted by atomic mass is 32.1. The second-order valence-electron chi connectivity index (χ2n) is 10.1. The predicted octanol–water partition coefficient (Wildman–Crippen LogP) is 12.6. The van der Waals surface area contributed by atoms with Crippen LogP contribution in [0.2, 0.25) is 0 Å². The Labute approximate surface area is 228 Å². The third kappa shape index (κ3) is 10.9. The van der Waals surface area contributed by atoms with E-state index in [0.717, 1.165) is 0 Å². The van der Waals surface area contributed by atoms with Crippen LogP contribution in [0, 0.1) is 0 Å². The van der Waals surface area contributed by atoms with Crippen molar-refractivity contribution in [3.05, 3.63) is 46.2 Å². The Bertz CT molecular complexity index is 840. The van der Waals surface area contributed by atoms with E-state index in [0.29, 0.717) is 0 Å². The smallest absolute Gasteiger partial charge is 0.0449 e. The molecule has 0 bridgehead atoms. The molecule has 3 rings (SSSR count). The maximum atomic E-state index is 2.37. The van der Waals surface area contributed by atoms with Crippen molar-refractivity contribution >= 4 is 34.0 Å². The third-order valence-electron chi connectivity index (χ3n) is 6.97. The van der Waals surface area contributed by atoms with Crippen LogP contribution in [0.4, 0.5) is 0 Å². The van der Waals surface area contributed by atoms with Gasteiger partial charge in [0.15, 0.2) is 0 Å². The van der Waals surface area contributed by atoms with E-state index in [-0.39, 0.29) is 0 Å². The van der Waals surface area contributed by atoms with Gasteiger partial charge in [-0.25, -0.2) is 0 Å². The van der Waals surface area contributed by atoms with Crippen LogP contribution in [0.1, 0.15) is 126 Å². The Hall–Kier alpha value is -0.900. The van der Waals surface area contributed by atoms with Crippen LogP contribution in [-0.2, 0) is 12.8 Å². The van der Waals surface area contributed by atoms with E-state index in [1.807, 2.05) is 34.0 Å². The van der Waals surface area contributed by atoms with Crippen molar-refractivity contribution in [3.63, 3.8) is 0 Å². The fourth-order valence-corrected chi connectivity index (χ4v) is 8.04. The van der Waals surface area contributed by atoms with Gasteiger partial charge < -0.3 is 0 Å². The van der Waals surface area contributed by atoms with Gasteiger partial charge in [0.05, 0.1) is 0 Å². The zero-order chi connectivity index (χ0) is 24.6. The summed E-state index contributed by atoms with van der Waals surface area (Å²) in [5.74, 6) is 0. The second-order valence-corrected chi connectivity index (χ2v) is 13.6. The summed E-state index contributed by atoms with van der Waals surface area (Å²) in [6.45, 7) is 4.59. The van der Waals surface area contributed by atoms with Crippen molar-refractivity contribution in [3.8, 4) is 19.5 Å². The van der Waals surface area contributed by atoms with Gasteiger partial charge in [0.1, 0.15) is 0 Å². The van der Waals surface area contributed by atoms with Gasteiger partial charge >= 0.3 is 0 Å². The lowest BCUT2D eigenvalue weighted by Crippen LogP contribution is -1.83. The molecule has 0 atom stereocenters. The standard InChI is InChI=1S/C32H48S3/c1-3-5-7-9-11-13-15-17-19-27-21-23-29(33-27)31-25-26-32(35-31)30-24-22-28(34-30)20-18-16-14-12-10-8-6-4-2/h21-26H,3-20H2,1-2H3. The van der Waals surface area contributed by atoms with Gasteiger partial charge in [0, 0.05) is 29.3 Å². The van der Waals surface area contributed by atoms with Crippen molar-refractivity contribution in [2.75, 3.05) is 0 Å². The fourth-order valence-electron chi connectivity index (χ4n) is 4.76. The molecule has 0 saturated carbocycles. The lowest BCUT2D eigenvalue weighted by Gasteiger charge is -2.01. The Kier molecular flexibility index (Phi) is 14.4. The highest BCUT2D eigenvalue weighted by molar-refractivity contribution is 7.26. The van der Waals surface area contributed by atoms with Crippen LogP contribution >= 0.6 is 34.0 Å². The normalized spacial score (nSPS) is 11.5. The molecule has 3 heteroatoms. The fraction of sp³-hybridized carbons (Fsp3) is 0.625. The minimum absolute atomic E-state index is 1.25. The van der Waals surface area contributed by atoms with E-state index in [4.69, 9.17) is 0 Å². The first-order valence-electron chi connectivity index (χ1n) is 14.6. The molecule has 0 N–H and O–H groups in total. The van der Waals surface area contributed by atoms with Crippen LogP contribution < -0.4 is 0 Å². The number of hydrogen-bond donors (Lipinski definition) is 0. The van der Waals surface area contributed by atoms with Crippen molar-refractivity contribution in [1.82, 2.24) is 0 Å². The third-order valence-corrected chi connectivity index (χ3v) is 10.7. The number of aryl methyl sites for hydroxylation is 2. The molecule has 0 amide bonds. The molecule has 0 nitrogen and oxygen atoms in total. The van der Waals surface area contributed by atoms with Crippen molar-refractivity contribution < 1.29 is 0 Å². The second kappa shape index (κ2) is 17.5. The van der Waals surface area contributed by atoms with Gasteiger partial charge in [0.25, 0.3) is 0 Å². The molecule has 35 heavy (non-hydrogen) atoms.